The third-order valence-corrected chi connectivity index (χ3v) is 1.99. The molecule has 0 unspecified atom stereocenters. The number of nitrogens with two attached hydrogens (primary N) is 1. The molecule has 0 aliphatic rings. The van der Waals surface area contributed by atoms with Gasteiger partial charge in [-0.05, 0) is 17.7 Å². The van der Waals surface area contributed by atoms with Gasteiger partial charge in [0.05, 0.1) is 18.1 Å². The van der Waals surface area contributed by atoms with Gasteiger partial charge in [0.15, 0.2) is 5.82 Å². The third kappa shape index (κ3) is 2.55. The highest BCUT2D eigenvalue weighted by Crippen LogP contribution is 2.09. The molecule has 0 aliphatic heterocycles. The van der Waals surface area contributed by atoms with Crippen LogP contribution in [-0.4, -0.2) is 9.78 Å². The molecule has 15 heavy (non-hydrogen) atoms. The molecule has 0 saturated heterocycles. The highest BCUT2D eigenvalue weighted by molar-refractivity contribution is 5.85. The second-order valence-electron chi connectivity index (χ2n) is 2.97. The van der Waals surface area contributed by atoms with Gasteiger partial charge in [0.2, 0.25) is 0 Å². The summed E-state index contributed by atoms with van der Waals surface area (Å²) >= 11 is 0. The fourth-order valence-electron chi connectivity index (χ4n) is 1.23. The van der Waals surface area contributed by atoms with Crippen LogP contribution in [0.5, 0.6) is 0 Å². The molecule has 1 aromatic carbocycles. The van der Waals surface area contributed by atoms with Crippen LogP contribution in [0.4, 0.5) is 4.39 Å². The number of rotatable bonds is 2. The van der Waals surface area contributed by atoms with Crippen LogP contribution in [0, 0.1) is 5.82 Å². The van der Waals surface area contributed by atoms with Gasteiger partial charge in [0, 0.05) is 6.54 Å². The summed E-state index contributed by atoms with van der Waals surface area (Å²) in [4.78, 5) is 0. The Morgan fingerprint density at radius 2 is 1.93 bits per heavy atom. The molecule has 3 nitrogen and oxygen atoms in total. The summed E-state index contributed by atoms with van der Waals surface area (Å²) in [6.07, 6.45) is 2.51. The summed E-state index contributed by atoms with van der Waals surface area (Å²) in [6, 6.07) is 7.51. The predicted octanol–water partition coefficient (Wildman–Crippen LogP) is 1.89. The number of benzene rings is 1. The molecule has 5 heteroatoms. The molecule has 0 aliphatic carbocycles. The van der Waals surface area contributed by atoms with Crippen molar-refractivity contribution in [2.24, 2.45) is 5.73 Å². The number of halogens is 2. The first kappa shape index (κ1) is 11.7. The lowest BCUT2D eigenvalue weighted by molar-refractivity contribution is 0.627. The maximum absolute atomic E-state index is 12.7. The Morgan fingerprint density at radius 3 is 2.40 bits per heavy atom. The number of hydrogen-bond donors (Lipinski definition) is 1. The molecule has 2 rings (SSSR count). The van der Waals surface area contributed by atoms with Gasteiger partial charge in [-0.15, -0.1) is 12.4 Å². The Kier molecular flexibility index (Phi) is 3.82. The monoisotopic (exact) mass is 227 g/mol. The highest BCUT2D eigenvalue weighted by atomic mass is 35.5. The van der Waals surface area contributed by atoms with Crippen molar-refractivity contribution in [2.45, 2.75) is 6.54 Å². The van der Waals surface area contributed by atoms with E-state index in [1.807, 2.05) is 24.3 Å². The van der Waals surface area contributed by atoms with E-state index >= 15 is 0 Å². The molecule has 2 aromatic rings. The van der Waals surface area contributed by atoms with E-state index in [2.05, 4.69) is 5.10 Å². The molecule has 0 saturated carbocycles. The molecular formula is C10H11ClFN3. The van der Waals surface area contributed by atoms with Gasteiger partial charge in [-0.25, -0.2) is 9.07 Å². The Labute approximate surface area is 93.1 Å². The SMILES string of the molecule is Cl.NCc1ccc(-n2cc(F)cn2)cc1. The van der Waals surface area contributed by atoms with E-state index in [9.17, 15) is 4.39 Å². The van der Waals surface area contributed by atoms with Crippen LogP contribution in [0.25, 0.3) is 5.69 Å². The lowest BCUT2D eigenvalue weighted by Gasteiger charge is -2.01. The van der Waals surface area contributed by atoms with E-state index in [-0.39, 0.29) is 18.2 Å². The fraction of sp³-hybridized carbons (Fsp3) is 0.100. The van der Waals surface area contributed by atoms with Gasteiger partial charge < -0.3 is 5.73 Å². The normalized spacial score (nSPS) is 9.73. The molecule has 0 spiro atoms. The molecule has 0 fully saturated rings. The summed E-state index contributed by atoms with van der Waals surface area (Å²) < 4.78 is 14.1. The van der Waals surface area contributed by atoms with Gasteiger partial charge in [-0.1, -0.05) is 12.1 Å². The van der Waals surface area contributed by atoms with Crippen LogP contribution >= 0.6 is 12.4 Å². The first-order valence-corrected chi connectivity index (χ1v) is 4.29. The second kappa shape index (κ2) is 4.91. The Balaban J connectivity index is 0.00000112. The number of nitrogens with zero attached hydrogens (tertiary/aromatic N) is 2. The predicted molar refractivity (Wildman–Crippen MR) is 58.7 cm³/mol. The van der Waals surface area contributed by atoms with E-state index in [0.717, 1.165) is 11.3 Å². The van der Waals surface area contributed by atoms with Crippen LogP contribution in [0.1, 0.15) is 5.56 Å². The zero-order valence-electron chi connectivity index (χ0n) is 7.93. The lowest BCUT2D eigenvalue weighted by atomic mass is 10.2. The van der Waals surface area contributed by atoms with Crippen molar-refractivity contribution in [1.82, 2.24) is 9.78 Å². The maximum atomic E-state index is 12.7. The Bertz CT molecular complexity index is 424. The van der Waals surface area contributed by atoms with Crippen molar-refractivity contribution >= 4 is 12.4 Å². The van der Waals surface area contributed by atoms with Crippen molar-refractivity contribution in [3.05, 3.63) is 48.0 Å². The van der Waals surface area contributed by atoms with E-state index in [1.165, 1.54) is 17.1 Å². The quantitative estimate of drug-likeness (QED) is 0.852. The molecular weight excluding hydrogens is 217 g/mol. The van der Waals surface area contributed by atoms with E-state index < -0.39 is 0 Å². The Hall–Kier alpha value is -1.39. The van der Waals surface area contributed by atoms with Crippen LogP contribution in [0.2, 0.25) is 0 Å². The van der Waals surface area contributed by atoms with E-state index in [1.54, 1.807) is 0 Å². The molecule has 2 N–H and O–H groups in total. The molecule has 0 bridgehead atoms. The largest absolute Gasteiger partial charge is 0.326 e. The lowest BCUT2D eigenvalue weighted by Crippen LogP contribution is -1.98. The van der Waals surface area contributed by atoms with Crippen molar-refractivity contribution in [1.29, 1.82) is 0 Å². The molecule has 0 radical (unpaired) electrons. The molecule has 80 valence electrons. The molecule has 1 heterocycles. The minimum absolute atomic E-state index is 0. The number of aromatic nitrogens is 2. The highest BCUT2D eigenvalue weighted by Gasteiger charge is 1.99. The smallest absolute Gasteiger partial charge is 0.161 e. The zero-order chi connectivity index (χ0) is 9.97. The molecule has 1 aromatic heterocycles. The minimum atomic E-state index is -0.340. The first-order valence-electron chi connectivity index (χ1n) is 4.29. The third-order valence-electron chi connectivity index (χ3n) is 1.99. The topological polar surface area (TPSA) is 43.8 Å². The first-order chi connectivity index (χ1) is 6.79. The van der Waals surface area contributed by atoms with Gasteiger partial charge in [0.25, 0.3) is 0 Å². The summed E-state index contributed by atoms with van der Waals surface area (Å²) in [7, 11) is 0. The molecule has 0 atom stereocenters. The average Bonchev–Trinajstić information content (AvgIpc) is 2.65. The number of hydrogen-bond acceptors (Lipinski definition) is 2. The minimum Gasteiger partial charge on any atom is -0.326 e. The molecule has 0 amide bonds. The van der Waals surface area contributed by atoms with Crippen LogP contribution in [-0.2, 0) is 6.54 Å². The fourth-order valence-corrected chi connectivity index (χ4v) is 1.23. The average molecular weight is 228 g/mol. The van der Waals surface area contributed by atoms with Crippen molar-refractivity contribution in [2.75, 3.05) is 0 Å². The summed E-state index contributed by atoms with van der Waals surface area (Å²) in [5.74, 6) is -0.340. The van der Waals surface area contributed by atoms with Crippen molar-refractivity contribution in [3.8, 4) is 5.69 Å². The van der Waals surface area contributed by atoms with Gasteiger partial charge in [-0.2, -0.15) is 5.10 Å². The summed E-state index contributed by atoms with van der Waals surface area (Å²) in [5.41, 5.74) is 7.33. The second-order valence-corrected chi connectivity index (χ2v) is 2.97. The summed E-state index contributed by atoms with van der Waals surface area (Å²) in [5, 5.41) is 3.85. The van der Waals surface area contributed by atoms with Gasteiger partial charge in [-0.3, -0.25) is 0 Å². The van der Waals surface area contributed by atoms with Crippen molar-refractivity contribution < 1.29 is 4.39 Å². The van der Waals surface area contributed by atoms with E-state index in [4.69, 9.17) is 5.73 Å². The van der Waals surface area contributed by atoms with Crippen molar-refractivity contribution in [3.63, 3.8) is 0 Å². The van der Waals surface area contributed by atoms with Crippen LogP contribution in [0.15, 0.2) is 36.7 Å². The van der Waals surface area contributed by atoms with Crippen LogP contribution in [0.3, 0.4) is 0 Å². The van der Waals surface area contributed by atoms with Crippen LogP contribution < -0.4 is 5.73 Å². The summed E-state index contributed by atoms with van der Waals surface area (Å²) in [6.45, 7) is 0.508. The van der Waals surface area contributed by atoms with Gasteiger partial charge in [0.1, 0.15) is 0 Å². The van der Waals surface area contributed by atoms with Gasteiger partial charge >= 0.3 is 0 Å². The standard InChI is InChI=1S/C10H10FN3.ClH/c11-9-6-13-14(7-9)10-3-1-8(5-12)2-4-10;/h1-4,6-7H,5,12H2;1H. The Morgan fingerprint density at radius 1 is 1.27 bits per heavy atom. The maximum Gasteiger partial charge on any atom is 0.161 e. The van der Waals surface area contributed by atoms with E-state index in [0.29, 0.717) is 6.54 Å². The zero-order valence-corrected chi connectivity index (χ0v) is 8.75.